The summed E-state index contributed by atoms with van der Waals surface area (Å²) in [6.45, 7) is 14.2. The number of carbonyl (C=O) groups is 2. The molecule has 6 rings (SSSR count). The van der Waals surface area contributed by atoms with Gasteiger partial charge in [0, 0.05) is 38.1 Å². The van der Waals surface area contributed by atoms with Crippen LogP contribution in [0.4, 0.5) is 25.7 Å². The normalized spacial score (nSPS) is 25.8. The highest BCUT2D eigenvalue weighted by Gasteiger charge is 2.50. The minimum Gasteiger partial charge on any atom is -0.444 e. The van der Waals surface area contributed by atoms with Gasteiger partial charge >= 0.3 is 12.2 Å². The molecule has 1 aromatic carbocycles. The van der Waals surface area contributed by atoms with Crippen LogP contribution in [0.5, 0.6) is 0 Å². The van der Waals surface area contributed by atoms with Crippen molar-refractivity contribution in [2.75, 3.05) is 42.5 Å². The number of fused-ring (bicyclic) bond motifs is 3. The zero-order chi connectivity index (χ0) is 30.9. The maximum Gasteiger partial charge on any atom is 0.410 e. The second-order valence-electron chi connectivity index (χ2n) is 14.4. The van der Waals surface area contributed by atoms with Crippen LogP contribution in [0.25, 0.3) is 10.9 Å². The van der Waals surface area contributed by atoms with Gasteiger partial charge in [-0.3, -0.25) is 4.90 Å². The van der Waals surface area contributed by atoms with Crippen molar-refractivity contribution in [2.45, 2.75) is 102 Å². The van der Waals surface area contributed by atoms with Gasteiger partial charge in [-0.05, 0) is 85.8 Å². The molecule has 4 saturated heterocycles. The fourth-order valence-electron chi connectivity index (χ4n) is 7.17. The summed E-state index contributed by atoms with van der Waals surface area (Å²) in [5.74, 6) is 0.468. The number of anilines is 2. The number of nitrogens with zero attached hydrogens (tertiary/aromatic N) is 6. The summed E-state index contributed by atoms with van der Waals surface area (Å²) < 4.78 is 27.0. The molecule has 2 aromatic rings. The lowest BCUT2D eigenvalue weighted by Gasteiger charge is -2.42. The molecule has 3 atom stereocenters. The number of aromatic nitrogens is 2. The lowest BCUT2D eigenvalue weighted by molar-refractivity contribution is 0.0104. The van der Waals surface area contributed by atoms with Crippen LogP contribution in [0.3, 0.4) is 0 Å². The monoisotopic (exact) mass is 616 g/mol. The van der Waals surface area contributed by atoms with Crippen molar-refractivity contribution < 1.29 is 23.5 Å². The molecule has 1 aromatic heterocycles. The molecule has 2 amide bonds. The average Bonchev–Trinajstić information content (AvgIpc) is 3.60. The Morgan fingerprint density at radius 1 is 0.930 bits per heavy atom. The van der Waals surface area contributed by atoms with Gasteiger partial charge in [0.1, 0.15) is 22.5 Å². The minimum absolute atomic E-state index is 0.00250. The van der Waals surface area contributed by atoms with Crippen molar-refractivity contribution in [3.8, 4) is 0 Å². The third-order valence-electron chi connectivity index (χ3n) is 8.94. The van der Waals surface area contributed by atoms with Gasteiger partial charge < -0.3 is 24.2 Å². The lowest BCUT2D eigenvalue weighted by atomic mass is 9.95. The first kappa shape index (κ1) is 30.0. The van der Waals surface area contributed by atoms with Crippen LogP contribution < -0.4 is 9.80 Å². The Kier molecular flexibility index (Phi) is 7.34. The van der Waals surface area contributed by atoms with Crippen LogP contribution >= 0.6 is 11.6 Å². The van der Waals surface area contributed by atoms with E-state index in [0.717, 1.165) is 32.1 Å². The van der Waals surface area contributed by atoms with Gasteiger partial charge in [0.25, 0.3) is 0 Å². The van der Waals surface area contributed by atoms with Gasteiger partial charge in [0.2, 0.25) is 5.95 Å². The van der Waals surface area contributed by atoms with E-state index in [-0.39, 0.29) is 40.3 Å². The average molecular weight is 617 g/mol. The number of rotatable bonds is 2. The third kappa shape index (κ3) is 5.65. The summed E-state index contributed by atoms with van der Waals surface area (Å²) in [5, 5.41) is 0.587. The number of ether oxygens (including phenoxy) is 2. The zero-order valence-electron chi connectivity index (χ0n) is 26.0. The predicted molar refractivity (Wildman–Crippen MR) is 163 cm³/mol. The van der Waals surface area contributed by atoms with Gasteiger partial charge in [-0.25, -0.2) is 19.0 Å². The SMILES string of the molecule is CC(C)(C)OC(=O)N1[C@@H]2CC[C@H]1CN(c1nc(N3CCC4(CCCN4C(=O)OC(C)(C)C)C3)nc3c(F)c(Cl)ccc13)C2. The van der Waals surface area contributed by atoms with E-state index in [1.54, 1.807) is 12.1 Å². The van der Waals surface area contributed by atoms with Gasteiger partial charge in [0.15, 0.2) is 5.82 Å². The molecule has 234 valence electrons. The van der Waals surface area contributed by atoms with E-state index < -0.39 is 17.0 Å². The highest BCUT2D eigenvalue weighted by molar-refractivity contribution is 6.31. The van der Waals surface area contributed by atoms with E-state index in [4.69, 9.17) is 31.0 Å². The summed E-state index contributed by atoms with van der Waals surface area (Å²) in [7, 11) is 0. The Morgan fingerprint density at radius 3 is 2.23 bits per heavy atom. The van der Waals surface area contributed by atoms with Crippen LogP contribution in [0, 0.1) is 5.82 Å². The number of halogens is 2. The summed E-state index contributed by atoms with van der Waals surface area (Å²) >= 11 is 6.23. The molecule has 5 heterocycles. The van der Waals surface area contributed by atoms with Crippen molar-refractivity contribution in [1.29, 1.82) is 0 Å². The van der Waals surface area contributed by atoms with Gasteiger partial charge in [-0.1, -0.05) is 11.6 Å². The Bertz CT molecular complexity index is 1430. The molecule has 2 bridgehead atoms. The number of amides is 2. The van der Waals surface area contributed by atoms with E-state index >= 15 is 4.39 Å². The molecule has 0 saturated carbocycles. The second kappa shape index (κ2) is 10.5. The Hall–Kier alpha value is -3.08. The van der Waals surface area contributed by atoms with E-state index in [0.29, 0.717) is 49.9 Å². The minimum atomic E-state index is -0.584. The maximum atomic E-state index is 15.5. The first-order valence-corrected chi connectivity index (χ1v) is 15.7. The molecule has 10 nitrogen and oxygen atoms in total. The third-order valence-corrected chi connectivity index (χ3v) is 9.23. The van der Waals surface area contributed by atoms with E-state index in [1.165, 1.54) is 0 Å². The molecular formula is C31H42ClFN6O4. The van der Waals surface area contributed by atoms with E-state index in [2.05, 4.69) is 9.80 Å². The van der Waals surface area contributed by atoms with E-state index in [9.17, 15) is 9.59 Å². The molecule has 0 radical (unpaired) electrons. The fraction of sp³-hybridized carbons (Fsp3) is 0.677. The summed E-state index contributed by atoms with van der Waals surface area (Å²) in [6.07, 6.45) is 3.64. The molecule has 4 fully saturated rings. The van der Waals surface area contributed by atoms with Crippen molar-refractivity contribution in [3.05, 3.63) is 23.0 Å². The summed E-state index contributed by atoms with van der Waals surface area (Å²) in [4.78, 5) is 43.9. The van der Waals surface area contributed by atoms with Crippen molar-refractivity contribution in [2.24, 2.45) is 0 Å². The molecule has 4 aliphatic heterocycles. The molecule has 12 heteroatoms. The van der Waals surface area contributed by atoms with E-state index in [1.807, 2.05) is 51.3 Å². The number of piperazine rings is 1. The smallest absolute Gasteiger partial charge is 0.410 e. The molecule has 4 aliphatic rings. The number of carbonyl (C=O) groups excluding carboxylic acids is 2. The number of likely N-dealkylation sites (tertiary alicyclic amines) is 1. The van der Waals surface area contributed by atoms with Crippen LogP contribution in [-0.4, -0.2) is 93.5 Å². The maximum absolute atomic E-state index is 15.5. The zero-order valence-corrected chi connectivity index (χ0v) is 26.7. The summed E-state index contributed by atoms with van der Waals surface area (Å²) in [5.41, 5.74) is -1.37. The Labute approximate surface area is 257 Å². The van der Waals surface area contributed by atoms with Gasteiger partial charge in [-0.2, -0.15) is 4.98 Å². The molecule has 1 spiro atoms. The lowest BCUT2D eigenvalue weighted by Crippen LogP contribution is -2.57. The van der Waals surface area contributed by atoms with Crippen molar-refractivity contribution >= 4 is 46.5 Å². The van der Waals surface area contributed by atoms with Crippen molar-refractivity contribution in [3.63, 3.8) is 0 Å². The number of benzene rings is 1. The molecule has 0 aliphatic carbocycles. The quantitative estimate of drug-likeness (QED) is 0.406. The number of hydrogen-bond donors (Lipinski definition) is 0. The first-order chi connectivity index (χ1) is 20.1. The Balaban J connectivity index is 1.31. The molecular weight excluding hydrogens is 575 g/mol. The highest BCUT2D eigenvalue weighted by atomic mass is 35.5. The van der Waals surface area contributed by atoms with Gasteiger partial charge in [-0.15, -0.1) is 0 Å². The van der Waals surface area contributed by atoms with Gasteiger partial charge in [0.05, 0.1) is 22.6 Å². The van der Waals surface area contributed by atoms with Crippen LogP contribution in [0.2, 0.25) is 5.02 Å². The summed E-state index contributed by atoms with van der Waals surface area (Å²) in [6, 6.07) is 3.25. The van der Waals surface area contributed by atoms with Crippen molar-refractivity contribution in [1.82, 2.24) is 19.8 Å². The standard InChI is InChI=1S/C31H42ClFN6O4/c1-29(2,3)42-27(40)38-14-7-12-31(38)13-15-36(18-31)26-34-24-21(10-11-22(32)23(24)33)25(35-26)37-16-19-8-9-20(17-37)39(19)28(41)43-30(4,5)6/h10-11,19-20H,7-9,12-18H2,1-6H3/t19-,20+,31?. The van der Waals surface area contributed by atoms with Crippen LogP contribution in [0.15, 0.2) is 12.1 Å². The number of hydrogen-bond acceptors (Lipinski definition) is 8. The molecule has 0 N–H and O–H groups in total. The fourth-order valence-corrected chi connectivity index (χ4v) is 7.33. The molecule has 1 unspecified atom stereocenters. The van der Waals surface area contributed by atoms with Crippen LogP contribution in [-0.2, 0) is 9.47 Å². The topological polar surface area (TPSA) is 91.3 Å². The predicted octanol–water partition coefficient (Wildman–Crippen LogP) is 5.99. The highest BCUT2D eigenvalue weighted by Crippen LogP contribution is 2.42. The van der Waals surface area contributed by atoms with Crippen LogP contribution in [0.1, 0.15) is 73.6 Å². The largest absolute Gasteiger partial charge is 0.444 e. The second-order valence-corrected chi connectivity index (χ2v) is 14.8. The molecule has 43 heavy (non-hydrogen) atoms. The first-order valence-electron chi connectivity index (χ1n) is 15.3. The Morgan fingerprint density at radius 2 is 1.58 bits per heavy atom.